The van der Waals surface area contributed by atoms with E-state index in [1.807, 2.05) is 31.3 Å². The zero-order valence-corrected chi connectivity index (χ0v) is 19.4. The molecule has 0 radical (unpaired) electrons. The molecule has 6 nitrogen and oxygen atoms in total. The molecule has 0 bridgehead atoms. The van der Waals surface area contributed by atoms with E-state index in [0.29, 0.717) is 13.1 Å². The minimum atomic E-state index is -0.000776. The van der Waals surface area contributed by atoms with Gasteiger partial charge in [0.2, 0.25) is 0 Å². The number of nitrogens with zero attached hydrogens (tertiary/aromatic N) is 3. The van der Waals surface area contributed by atoms with E-state index in [4.69, 9.17) is 9.73 Å². The molecule has 1 aromatic carbocycles. The number of ether oxygens (including phenoxy) is 1. The van der Waals surface area contributed by atoms with E-state index in [9.17, 15) is 4.79 Å². The Balaban J connectivity index is 0.00000280. The summed E-state index contributed by atoms with van der Waals surface area (Å²) in [5.74, 6) is 1.65. The number of fused-ring (bicyclic) bond motifs is 1. The molecule has 2 heterocycles. The van der Waals surface area contributed by atoms with Crippen molar-refractivity contribution in [3.8, 4) is 5.75 Å². The van der Waals surface area contributed by atoms with E-state index in [1.54, 1.807) is 16.2 Å². The number of halogens is 1. The molecule has 3 rings (SSSR count). The third-order valence-electron chi connectivity index (χ3n) is 4.31. The zero-order valence-electron chi connectivity index (χ0n) is 16.3. The van der Waals surface area contributed by atoms with Gasteiger partial charge in [-0.25, -0.2) is 0 Å². The van der Waals surface area contributed by atoms with Crippen molar-refractivity contribution >= 4 is 52.9 Å². The van der Waals surface area contributed by atoms with Gasteiger partial charge in [0, 0.05) is 33.2 Å². The highest BCUT2D eigenvalue weighted by molar-refractivity contribution is 14.0. The number of nitrogens with one attached hydrogen (secondary N) is 1. The number of hydrogen-bond acceptors (Lipinski definition) is 4. The molecule has 0 atom stereocenters. The van der Waals surface area contributed by atoms with E-state index in [2.05, 4.69) is 34.0 Å². The van der Waals surface area contributed by atoms with Crippen LogP contribution >= 0.6 is 35.3 Å². The van der Waals surface area contributed by atoms with Crippen LogP contribution in [-0.2, 0) is 11.3 Å². The molecular formula is C20H27IN4O2S. The summed E-state index contributed by atoms with van der Waals surface area (Å²) in [6, 6.07) is 9.80. The monoisotopic (exact) mass is 514 g/mol. The molecule has 28 heavy (non-hydrogen) atoms. The van der Waals surface area contributed by atoms with E-state index < -0.39 is 0 Å². The Hall–Kier alpha value is -1.81. The number of thiophene rings is 1. The Labute approximate surface area is 187 Å². The van der Waals surface area contributed by atoms with Crippen LogP contribution in [-0.4, -0.2) is 50.1 Å². The Morgan fingerprint density at radius 1 is 1.36 bits per heavy atom. The fraction of sp³-hybridized carbons (Fsp3) is 0.400. The first-order chi connectivity index (χ1) is 13.2. The molecule has 1 amide bonds. The summed E-state index contributed by atoms with van der Waals surface area (Å²) in [6.45, 7) is 5.11. The standard InChI is InChI=1S/C20H26N4O2S.HI/c1-3-21-20(23(2)13-16-9-12-27-15-16)22-10-6-11-24-17-7-4-5-8-18(17)26-14-19(24)25;/h4-5,7-9,12,15H,3,6,10-11,13-14H2,1-2H3,(H,21,22);1H. The Kier molecular flexibility index (Phi) is 9.04. The van der Waals surface area contributed by atoms with Gasteiger partial charge < -0.3 is 19.9 Å². The quantitative estimate of drug-likeness (QED) is 0.266. The van der Waals surface area contributed by atoms with E-state index in [1.165, 1.54) is 5.56 Å². The largest absolute Gasteiger partial charge is 0.482 e. The first kappa shape index (κ1) is 22.5. The maximum atomic E-state index is 12.2. The first-order valence-corrected chi connectivity index (χ1v) is 10.2. The number of para-hydroxylation sites is 2. The van der Waals surface area contributed by atoms with E-state index in [-0.39, 0.29) is 36.5 Å². The van der Waals surface area contributed by atoms with Crippen molar-refractivity contribution in [2.24, 2.45) is 4.99 Å². The molecule has 0 unspecified atom stereocenters. The molecule has 1 aliphatic rings. The van der Waals surface area contributed by atoms with Crippen LogP contribution in [0.3, 0.4) is 0 Å². The van der Waals surface area contributed by atoms with Gasteiger partial charge in [-0.3, -0.25) is 9.79 Å². The van der Waals surface area contributed by atoms with Crippen molar-refractivity contribution in [2.75, 3.05) is 38.2 Å². The fourth-order valence-electron chi connectivity index (χ4n) is 3.01. The topological polar surface area (TPSA) is 57.2 Å². The van der Waals surface area contributed by atoms with Crippen molar-refractivity contribution in [3.05, 3.63) is 46.7 Å². The Morgan fingerprint density at radius 2 is 2.18 bits per heavy atom. The number of hydrogen-bond donors (Lipinski definition) is 1. The summed E-state index contributed by atoms with van der Waals surface area (Å²) in [5, 5.41) is 7.58. The number of guanidine groups is 1. The highest BCUT2D eigenvalue weighted by Crippen LogP contribution is 2.31. The smallest absolute Gasteiger partial charge is 0.265 e. The summed E-state index contributed by atoms with van der Waals surface area (Å²) in [6.07, 6.45) is 0.793. The van der Waals surface area contributed by atoms with Gasteiger partial charge >= 0.3 is 0 Å². The second kappa shape index (κ2) is 11.3. The van der Waals surface area contributed by atoms with Crippen molar-refractivity contribution in [1.29, 1.82) is 0 Å². The van der Waals surface area contributed by atoms with Crippen molar-refractivity contribution in [2.45, 2.75) is 19.9 Å². The number of amides is 1. The van der Waals surface area contributed by atoms with Crippen molar-refractivity contribution in [3.63, 3.8) is 0 Å². The molecule has 152 valence electrons. The number of aliphatic imine (C=N–C) groups is 1. The maximum absolute atomic E-state index is 12.2. The average Bonchev–Trinajstić information content (AvgIpc) is 3.18. The molecule has 0 aliphatic carbocycles. The van der Waals surface area contributed by atoms with Crippen molar-refractivity contribution < 1.29 is 9.53 Å². The summed E-state index contributed by atoms with van der Waals surface area (Å²) >= 11 is 1.70. The number of carbonyl (C=O) groups is 1. The van der Waals surface area contributed by atoms with Crippen molar-refractivity contribution in [1.82, 2.24) is 10.2 Å². The van der Waals surface area contributed by atoms with Crippen LogP contribution in [0.15, 0.2) is 46.1 Å². The van der Waals surface area contributed by atoms with Gasteiger partial charge in [0.15, 0.2) is 12.6 Å². The van der Waals surface area contributed by atoms with Gasteiger partial charge in [-0.15, -0.1) is 24.0 Å². The molecule has 0 fully saturated rings. The van der Waals surface area contributed by atoms with Gasteiger partial charge in [0.25, 0.3) is 5.91 Å². The number of anilines is 1. The summed E-state index contributed by atoms with van der Waals surface area (Å²) in [5.41, 5.74) is 2.13. The third kappa shape index (κ3) is 5.84. The lowest BCUT2D eigenvalue weighted by Crippen LogP contribution is -2.40. The van der Waals surface area contributed by atoms with Gasteiger partial charge in [0.1, 0.15) is 5.75 Å². The fourth-order valence-corrected chi connectivity index (χ4v) is 3.67. The van der Waals surface area contributed by atoms with Crippen LogP contribution in [0.5, 0.6) is 5.75 Å². The Morgan fingerprint density at radius 3 is 2.93 bits per heavy atom. The molecule has 1 N–H and O–H groups in total. The molecule has 2 aromatic rings. The number of rotatable bonds is 7. The number of carbonyl (C=O) groups excluding carboxylic acids is 1. The molecule has 0 spiro atoms. The molecular weight excluding hydrogens is 487 g/mol. The van der Waals surface area contributed by atoms with Crippen LogP contribution in [0.25, 0.3) is 0 Å². The molecule has 8 heteroatoms. The van der Waals surface area contributed by atoms with Gasteiger partial charge in [0.05, 0.1) is 5.69 Å². The minimum absolute atomic E-state index is 0. The van der Waals surface area contributed by atoms with Gasteiger partial charge in [-0.05, 0) is 47.9 Å². The molecule has 1 aromatic heterocycles. The van der Waals surface area contributed by atoms with Crippen LogP contribution in [0, 0.1) is 0 Å². The van der Waals surface area contributed by atoms with Gasteiger partial charge in [-0.2, -0.15) is 11.3 Å². The lowest BCUT2D eigenvalue weighted by atomic mass is 10.2. The predicted molar refractivity (Wildman–Crippen MR) is 126 cm³/mol. The maximum Gasteiger partial charge on any atom is 0.265 e. The van der Waals surface area contributed by atoms with Crippen LogP contribution in [0.2, 0.25) is 0 Å². The highest BCUT2D eigenvalue weighted by atomic mass is 127. The summed E-state index contributed by atoms with van der Waals surface area (Å²) < 4.78 is 5.49. The normalized spacial score (nSPS) is 13.4. The van der Waals surface area contributed by atoms with Crippen LogP contribution in [0.1, 0.15) is 18.9 Å². The minimum Gasteiger partial charge on any atom is -0.482 e. The third-order valence-corrected chi connectivity index (χ3v) is 5.04. The second-order valence-corrected chi connectivity index (χ2v) is 7.16. The summed E-state index contributed by atoms with van der Waals surface area (Å²) in [7, 11) is 2.04. The van der Waals surface area contributed by atoms with E-state index >= 15 is 0 Å². The van der Waals surface area contributed by atoms with Crippen LogP contribution < -0.4 is 15.0 Å². The lowest BCUT2D eigenvalue weighted by Gasteiger charge is -2.29. The number of benzene rings is 1. The zero-order chi connectivity index (χ0) is 19.1. The highest BCUT2D eigenvalue weighted by Gasteiger charge is 2.24. The predicted octanol–water partition coefficient (Wildman–Crippen LogP) is 3.58. The Bertz CT molecular complexity index is 782. The second-order valence-electron chi connectivity index (χ2n) is 6.38. The molecule has 0 saturated carbocycles. The average molecular weight is 514 g/mol. The first-order valence-electron chi connectivity index (χ1n) is 9.21. The summed E-state index contributed by atoms with van der Waals surface area (Å²) in [4.78, 5) is 20.9. The molecule has 0 saturated heterocycles. The van der Waals surface area contributed by atoms with Crippen LogP contribution in [0.4, 0.5) is 5.69 Å². The van der Waals surface area contributed by atoms with Gasteiger partial charge in [-0.1, -0.05) is 12.1 Å². The SMILES string of the molecule is CCNC(=NCCCN1C(=O)COc2ccccc21)N(C)Cc1ccsc1.I. The molecule has 1 aliphatic heterocycles. The van der Waals surface area contributed by atoms with E-state index in [0.717, 1.165) is 36.9 Å². The lowest BCUT2D eigenvalue weighted by molar-refractivity contribution is -0.121.